The van der Waals surface area contributed by atoms with Gasteiger partial charge in [0.2, 0.25) is 0 Å². The lowest BCUT2D eigenvalue weighted by atomic mass is 10.5. The third-order valence-electron chi connectivity index (χ3n) is 1.04. The van der Waals surface area contributed by atoms with Crippen LogP contribution in [0.1, 0.15) is 6.92 Å². The number of rotatable bonds is 3. The Hall–Kier alpha value is -0.120. The summed E-state index contributed by atoms with van der Waals surface area (Å²) in [5.41, 5.74) is 5.08. The molecule has 0 aromatic rings. The van der Waals surface area contributed by atoms with E-state index in [1.807, 2.05) is 18.9 Å². The first-order valence-electron chi connectivity index (χ1n) is 2.79. The summed E-state index contributed by atoms with van der Waals surface area (Å²) in [5, 5.41) is 8.59. The summed E-state index contributed by atoms with van der Waals surface area (Å²) in [7, 11) is 1.91. The Balaban J connectivity index is 3.10. The molecule has 0 aliphatic rings. The van der Waals surface area contributed by atoms with Gasteiger partial charge in [-0.3, -0.25) is 0 Å². The first-order chi connectivity index (χ1) is 3.66. The van der Waals surface area contributed by atoms with E-state index in [9.17, 15) is 0 Å². The number of hydrogen-bond donors (Lipinski definition) is 2. The fourth-order valence-electron chi connectivity index (χ4n) is 0.448. The zero-order valence-electron chi connectivity index (χ0n) is 5.46. The molecule has 0 radical (unpaired) electrons. The SMILES string of the molecule is CCN(C)CC(N)O. The van der Waals surface area contributed by atoms with Crippen LogP contribution in [0, 0.1) is 0 Å². The van der Waals surface area contributed by atoms with Gasteiger partial charge in [0.05, 0.1) is 0 Å². The molecule has 0 spiro atoms. The molecule has 3 N–H and O–H groups in total. The smallest absolute Gasteiger partial charge is 0.115 e. The maximum atomic E-state index is 8.59. The molecule has 0 aliphatic carbocycles. The third kappa shape index (κ3) is 4.05. The zero-order chi connectivity index (χ0) is 6.57. The van der Waals surface area contributed by atoms with Crippen LogP contribution in [0.25, 0.3) is 0 Å². The maximum Gasteiger partial charge on any atom is 0.115 e. The summed E-state index contributed by atoms with van der Waals surface area (Å²) < 4.78 is 0. The highest BCUT2D eigenvalue weighted by Gasteiger charge is 1.97. The summed E-state index contributed by atoms with van der Waals surface area (Å²) in [6.07, 6.45) is -0.694. The Morgan fingerprint density at radius 1 is 1.75 bits per heavy atom. The second kappa shape index (κ2) is 3.83. The monoisotopic (exact) mass is 118 g/mol. The highest BCUT2D eigenvalue weighted by atomic mass is 16.3. The average molecular weight is 118 g/mol. The van der Waals surface area contributed by atoms with E-state index in [0.29, 0.717) is 6.54 Å². The van der Waals surface area contributed by atoms with E-state index >= 15 is 0 Å². The minimum atomic E-state index is -0.694. The molecule has 0 saturated heterocycles. The molecule has 3 heteroatoms. The molecule has 0 fully saturated rings. The maximum absolute atomic E-state index is 8.59. The van der Waals surface area contributed by atoms with E-state index in [2.05, 4.69) is 0 Å². The lowest BCUT2D eigenvalue weighted by molar-refractivity contribution is 0.134. The zero-order valence-corrected chi connectivity index (χ0v) is 5.46. The van der Waals surface area contributed by atoms with Gasteiger partial charge in [-0.15, -0.1) is 0 Å². The van der Waals surface area contributed by atoms with E-state index in [1.54, 1.807) is 0 Å². The highest BCUT2D eigenvalue weighted by molar-refractivity contribution is 4.50. The van der Waals surface area contributed by atoms with Crippen LogP contribution in [0.15, 0.2) is 0 Å². The summed E-state index contributed by atoms with van der Waals surface area (Å²) in [5.74, 6) is 0. The van der Waals surface area contributed by atoms with Crippen molar-refractivity contribution in [1.29, 1.82) is 0 Å². The van der Waals surface area contributed by atoms with Crippen LogP contribution in [0.3, 0.4) is 0 Å². The summed E-state index contributed by atoms with van der Waals surface area (Å²) >= 11 is 0. The van der Waals surface area contributed by atoms with Crippen molar-refractivity contribution in [3.8, 4) is 0 Å². The van der Waals surface area contributed by atoms with Crippen molar-refractivity contribution in [3.63, 3.8) is 0 Å². The van der Waals surface area contributed by atoms with Crippen molar-refractivity contribution in [2.75, 3.05) is 20.1 Å². The van der Waals surface area contributed by atoms with E-state index in [0.717, 1.165) is 6.54 Å². The molecule has 8 heavy (non-hydrogen) atoms. The van der Waals surface area contributed by atoms with Crippen LogP contribution in [-0.2, 0) is 0 Å². The largest absolute Gasteiger partial charge is 0.377 e. The van der Waals surface area contributed by atoms with E-state index < -0.39 is 6.23 Å². The van der Waals surface area contributed by atoms with Crippen molar-refractivity contribution in [2.24, 2.45) is 5.73 Å². The first-order valence-corrected chi connectivity index (χ1v) is 2.79. The highest BCUT2D eigenvalue weighted by Crippen LogP contribution is 1.79. The second-order valence-electron chi connectivity index (χ2n) is 1.92. The lowest BCUT2D eigenvalue weighted by Gasteiger charge is -2.14. The molecule has 0 aromatic heterocycles. The third-order valence-corrected chi connectivity index (χ3v) is 1.04. The Morgan fingerprint density at radius 3 is 2.38 bits per heavy atom. The molecule has 50 valence electrons. The van der Waals surface area contributed by atoms with Crippen molar-refractivity contribution in [2.45, 2.75) is 13.2 Å². The Bertz CT molecular complexity index is 56.4. The van der Waals surface area contributed by atoms with Crippen LogP contribution in [0.5, 0.6) is 0 Å². The molecule has 0 amide bonds. The van der Waals surface area contributed by atoms with Crippen molar-refractivity contribution in [3.05, 3.63) is 0 Å². The normalized spacial score (nSPS) is 14.6. The van der Waals surface area contributed by atoms with Gasteiger partial charge >= 0.3 is 0 Å². The molecule has 0 rings (SSSR count). The average Bonchev–Trinajstić information content (AvgIpc) is 1.65. The number of nitrogens with two attached hydrogens (primary N) is 1. The van der Waals surface area contributed by atoms with Crippen molar-refractivity contribution < 1.29 is 5.11 Å². The van der Waals surface area contributed by atoms with Gasteiger partial charge in [-0.1, -0.05) is 6.92 Å². The van der Waals surface area contributed by atoms with Crippen LogP contribution in [0.4, 0.5) is 0 Å². The molecular weight excluding hydrogens is 104 g/mol. The number of hydrogen-bond acceptors (Lipinski definition) is 3. The van der Waals surface area contributed by atoms with Gasteiger partial charge < -0.3 is 15.7 Å². The van der Waals surface area contributed by atoms with Crippen LogP contribution >= 0.6 is 0 Å². The topological polar surface area (TPSA) is 49.5 Å². The Labute approximate surface area is 50.1 Å². The minimum absolute atomic E-state index is 0.552. The van der Waals surface area contributed by atoms with Gasteiger partial charge in [0.25, 0.3) is 0 Å². The summed E-state index contributed by atoms with van der Waals surface area (Å²) in [6, 6.07) is 0. The summed E-state index contributed by atoms with van der Waals surface area (Å²) in [4.78, 5) is 1.95. The molecule has 3 nitrogen and oxygen atoms in total. The number of nitrogens with zero attached hydrogens (tertiary/aromatic N) is 1. The van der Waals surface area contributed by atoms with Crippen LogP contribution < -0.4 is 5.73 Å². The predicted octanol–water partition coefficient (Wildman–Crippen LogP) is -0.785. The Kier molecular flexibility index (Phi) is 3.77. The van der Waals surface area contributed by atoms with Gasteiger partial charge in [-0.25, -0.2) is 0 Å². The van der Waals surface area contributed by atoms with E-state index in [-0.39, 0.29) is 0 Å². The van der Waals surface area contributed by atoms with Gasteiger partial charge in [-0.05, 0) is 13.6 Å². The van der Waals surface area contributed by atoms with Crippen LogP contribution in [0.2, 0.25) is 0 Å². The van der Waals surface area contributed by atoms with Crippen molar-refractivity contribution >= 4 is 0 Å². The number of likely N-dealkylation sites (N-methyl/N-ethyl adjacent to an activating group) is 1. The fraction of sp³-hybridized carbons (Fsp3) is 1.00. The molecule has 0 bridgehead atoms. The number of aliphatic hydroxyl groups is 1. The number of aliphatic hydroxyl groups excluding tert-OH is 1. The Morgan fingerprint density at radius 2 is 2.25 bits per heavy atom. The summed E-state index contributed by atoms with van der Waals surface area (Å²) in [6.45, 7) is 3.49. The molecule has 1 unspecified atom stereocenters. The van der Waals surface area contributed by atoms with Gasteiger partial charge in [0, 0.05) is 6.54 Å². The lowest BCUT2D eigenvalue weighted by Crippen LogP contribution is -2.34. The quantitative estimate of drug-likeness (QED) is 0.478. The van der Waals surface area contributed by atoms with Gasteiger partial charge in [0.15, 0.2) is 0 Å². The minimum Gasteiger partial charge on any atom is -0.377 e. The van der Waals surface area contributed by atoms with E-state index in [1.165, 1.54) is 0 Å². The molecule has 1 atom stereocenters. The van der Waals surface area contributed by atoms with Crippen LogP contribution in [-0.4, -0.2) is 36.4 Å². The molecule has 0 saturated carbocycles. The molecule has 0 aliphatic heterocycles. The fourth-order valence-corrected chi connectivity index (χ4v) is 0.448. The molecule has 0 heterocycles. The molecule has 0 aromatic carbocycles. The van der Waals surface area contributed by atoms with Crippen molar-refractivity contribution in [1.82, 2.24) is 4.90 Å². The van der Waals surface area contributed by atoms with E-state index in [4.69, 9.17) is 10.8 Å². The predicted molar refractivity (Wildman–Crippen MR) is 33.4 cm³/mol. The van der Waals surface area contributed by atoms with Gasteiger partial charge in [0.1, 0.15) is 6.23 Å². The standard InChI is InChI=1S/C5H14N2O/c1-3-7(2)4-5(6)8/h5,8H,3-4,6H2,1-2H3. The molecular formula is C5H14N2O. The first kappa shape index (κ1) is 7.88. The van der Waals surface area contributed by atoms with Gasteiger partial charge in [-0.2, -0.15) is 0 Å². The second-order valence-corrected chi connectivity index (χ2v) is 1.92.